The van der Waals surface area contributed by atoms with Gasteiger partial charge in [0.2, 0.25) is 11.8 Å². The zero-order chi connectivity index (χ0) is 22.3. The van der Waals surface area contributed by atoms with Crippen molar-refractivity contribution in [2.75, 3.05) is 13.2 Å². The van der Waals surface area contributed by atoms with Crippen molar-refractivity contribution in [3.63, 3.8) is 0 Å². The predicted molar refractivity (Wildman–Crippen MR) is 113 cm³/mol. The summed E-state index contributed by atoms with van der Waals surface area (Å²) in [6.45, 7) is 9.35. The van der Waals surface area contributed by atoms with Gasteiger partial charge in [0, 0.05) is 18.9 Å². The van der Waals surface area contributed by atoms with Gasteiger partial charge in [-0.25, -0.2) is 4.79 Å². The first-order chi connectivity index (χ1) is 14.3. The van der Waals surface area contributed by atoms with Gasteiger partial charge in [-0.2, -0.15) is 0 Å². The van der Waals surface area contributed by atoms with E-state index < -0.39 is 35.6 Å². The van der Waals surface area contributed by atoms with Crippen LogP contribution in [-0.4, -0.2) is 64.7 Å². The van der Waals surface area contributed by atoms with E-state index in [2.05, 4.69) is 18.5 Å². The van der Waals surface area contributed by atoms with Crippen LogP contribution < -0.4 is 11.1 Å². The van der Waals surface area contributed by atoms with Crippen LogP contribution in [0.25, 0.3) is 0 Å². The van der Waals surface area contributed by atoms with Crippen molar-refractivity contribution in [2.45, 2.75) is 75.6 Å². The highest BCUT2D eigenvalue weighted by Gasteiger charge is 2.62. The lowest BCUT2D eigenvalue weighted by Crippen LogP contribution is -2.55. The van der Waals surface area contributed by atoms with Gasteiger partial charge in [-0.3, -0.25) is 9.59 Å². The average Bonchev–Trinajstić information content (AvgIpc) is 3.30. The number of nitrogens with zero attached hydrogens (tertiary/aromatic N) is 1. The quantitative estimate of drug-likeness (QED) is 0.246. The van der Waals surface area contributed by atoms with Crippen molar-refractivity contribution in [3.05, 3.63) is 25.3 Å². The number of amides is 2. The average molecular weight is 422 g/mol. The summed E-state index contributed by atoms with van der Waals surface area (Å²) < 4.78 is 5.11. The molecule has 1 saturated carbocycles. The molecular weight excluding hydrogens is 386 g/mol. The molecule has 2 fully saturated rings. The Bertz CT molecular complexity index is 667. The lowest BCUT2D eigenvalue weighted by Gasteiger charge is -2.28. The summed E-state index contributed by atoms with van der Waals surface area (Å²) in [7, 11) is 0. The number of hydrogen-bond acceptors (Lipinski definition) is 6. The van der Waals surface area contributed by atoms with Crippen LogP contribution in [0.4, 0.5) is 0 Å². The summed E-state index contributed by atoms with van der Waals surface area (Å²) >= 11 is 0. The molecule has 8 heteroatoms. The minimum atomic E-state index is -1.13. The number of β-amino-alcohol motifs (C(OH)–C–C–N with tert-alkyl or cyclic N) is 1. The molecule has 2 amide bonds. The van der Waals surface area contributed by atoms with E-state index in [0.29, 0.717) is 12.8 Å². The maximum atomic E-state index is 13.0. The van der Waals surface area contributed by atoms with Gasteiger partial charge in [-0.15, -0.1) is 13.2 Å². The highest BCUT2D eigenvalue weighted by molar-refractivity contribution is 5.96. The number of unbranched alkanes of at least 4 members (excludes halogenated alkanes) is 3. The summed E-state index contributed by atoms with van der Waals surface area (Å²) in [5.41, 5.74) is 4.94. The molecule has 2 rings (SSSR count). The highest BCUT2D eigenvalue weighted by atomic mass is 16.5. The Morgan fingerprint density at radius 1 is 1.33 bits per heavy atom. The number of ether oxygens (including phenoxy) is 1. The maximum absolute atomic E-state index is 13.0. The number of nitrogens with one attached hydrogen (secondary N) is 1. The molecule has 0 aromatic carbocycles. The molecule has 4 N–H and O–H groups in total. The molecule has 0 radical (unpaired) electrons. The fourth-order valence-electron chi connectivity index (χ4n) is 4.04. The smallest absolute Gasteiger partial charge is 0.332 e. The fourth-order valence-corrected chi connectivity index (χ4v) is 4.04. The monoisotopic (exact) mass is 421 g/mol. The zero-order valence-electron chi connectivity index (χ0n) is 17.8. The number of nitrogens with two attached hydrogens (primary N) is 1. The topological polar surface area (TPSA) is 122 Å². The van der Waals surface area contributed by atoms with Crippen LogP contribution in [0, 0.1) is 5.92 Å². The predicted octanol–water partition coefficient (Wildman–Crippen LogP) is 1.04. The van der Waals surface area contributed by atoms with Crippen LogP contribution in [0.1, 0.15) is 51.9 Å². The van der Waals surface area contributed by atoms with Gasteiger partial charge in [0.25, 0.3) is 0 Å². The van der Waals surface area contributed by atoms with Gasteiger partial charge >= 0.3 is 5.97 Å². The lowest BCUT2D eigenvalue weighted by atomic mass is 10.1. The lowest BCUT2D eigenvalue weighted by molar-refractivity contribution is -0.150. The molecule has 0 aromatic heterocycles. The van der Waals surface area contributed by atoms with Gasteiger partial charge in [-0.1, -0.05) is 25.0 Å². The molecule has 1 saturated heterocycles. The van der Waals surface area contributed by atoms with E-state index >= 15 is 0 Å². The third-order valence-corrected chi connectivity index (χ3v) is 5.89. The Morgan fingerprint density at radius 2 is 2.07 bits per heavy atom. The number of rotatable bonds is 12. The van der Waals surface area contributed by atoms with Gasteiger partial charge < -0.3 is 25.8 Å². The Balaban J connectivity index is 2.00. The van der Waals surface area contributed by atoms with Crippen LogP contribution in [0.2, 0.25) is 0 Å². The van der Waals surface area contributed by atoms with Crippen molar-refractivity contribution < 1.29 is 24.2 Å². The third kappa shape index (κ3) is 5.49. The maximum Gasteiger partial charge on any atom is 0.332 e. The van der Waals surface area contributed by atoms with Crippen molar-refractivity contribution in [2.24, 2.45) is 11.7 Å². The normalized spacial score (nSPS) is 28.5. The van der Waals surface area contributed by atoms with Gasteiger partial charge in [0.05, 0.1) is 18.8 Å². The number of carbonyl (C=O) groups is 3. The summed E-state index contributed by atoms with van der Waals surface area (Å²) in [6, 6.07) is -1.59. The van der Waals surface area contributed by atoms with E-state index in [1.54, 1.807) is 13.0 Å². The number of likely N-dealkylation sites (tertiary alicyclic amines) is 1. The summed E-state index contributed by atoms with van der Waals surface area (Å²) in [5, 5.41) is 12.9. The van der Waals surface area contributed by atoms with Gasteiger partial charge in [0.1, 0.15) is 11.6 Å². The van der Waals surface area contributed by atoms with Crippen molar-refractivity contribution in [3.8, 4) is 0 Å². The Labute approximate surface area is 178 Å². The Kier molecular flexibility index (Phi) is 8.61. The third-order valence-electron chi connectivity index (χ3n) is 5.89. The molecule has 168 valence electrons. The van der Waals surface area contributed by atoms with Crippen molar-refractivity contribution >= 4 is 17.8 Å². The largest absolute Gasteiger partial charge is 0.464 e. The number of allylic oxidation sites excluding steroid dienone is 1. The minimum absolute atomic E-state index is 0.0539. The van der Waals surface area contributed by atoms with Crippen molar-refractivity contribution in [1.82, 2.24) is 10.2 Å². The number of hydrogen-bond donors (Lipinski definition) is 3. The summed E-state index contributed by atoms with van der Waals surface area (Å²) in [6.07, 6.45) is 7.39. The molecule has 0 spiro atoms. The number of carbonyl (C=O) groups excluding carboxylic acids is 3. The van der Waals surface area contributed by atoms with E-state index in [1.165, 1.54) is 4.90 Å². The molecule has 1 aliphatic heterocycles. The number of aliphatic hydroxyl groups excluding tert-OH is 1. The molecule has 1 aliphatic carbocycles. The van der Waals surface area contributed by atoms with Crippen LogP contribution in [-0.2, 0) is 19.1 Å². The first-order valence-corrected chi connectivity index (χ1v) is 10.8. The molecule has 30 heavy (non-hydrogen) atoms. The second kappa shape index (κ2) is 10.7. The Hall–Kier alpha value is -2.19. The molecule has 0 bridgehead atoms. The van der Waals surface area contributed by atoms with Crippen molar-refractivity contribution in [1.29, 1.82) is 0 Å². The molecule has 8 nitrogen and oxygen atoms in total. The first-order valence-electron chi connectivity index (χ1n) is 10.8. The van der Waals surface area contributed by atoms with Gasteiger partial charge in [-0.05, 0) is 32.6 Å². The van der Waals surface area contributed by atoms with Crippen LogP contribution >= 0.6 is 0 Å². The molecule has 0 unspecified atom stereocenters. The SMILES string of the molecule is C=CCCCCC[C@H](N)C(=O)N1C[C@H](O)C[C@H]1C(=O)N[C@]1(C(=O)OCC)C[C@H]1C=C. The fraction of sp³-hybridized carbons (Fsp3) is 0.682. The number of aliphatic hydroxyl groups is 1. The zero-order valence-corrected chi connectivity index (χ0v) is 17.8. The minimum Gasteiger partial charge on any atom is -0.464 e. The second-order valence-corrected chi connectivity index (χ2v) is 8.16. The van der Waals surface area contributed by atoms with E-state index in [9.17, 15) is 19.5 Å². The summed E-state index contributed by atoms with van der Waals surface area (Å²) in [5.74, 6) is -1.54. The molecule has 0 aromatic rings. The number of esters is 1. The van der Waals surface area contributed by atoms with E-state index in [-0.39, 0.29) is 31.4 Å². The van der Waals surface area contributed by atoms with Crippen LogP contribution in [0.5, 0.6) is 0 Å². The van der Waals surface area contributed by atoms with E-state index in [1.807, 2.05) is 6.08 Å². The standard InChI is InChI=1S/C22H35N3O5/c1-4-7-8-9-10-11-17(23)20(28)25-14-16(26)12-18(25)19(27)24-22(13-15(22)5-2)21(29)30-6-3/h4-5,15-18,26H,1-2,6-14,23H2,3H3,(H,24,27)/t15-,16-,17+,18+,22-/m1/s1. The first kappa shape index (κ1) is 24.1. The van der Waals surface area contributed by atoms with Crippen LogP contribution in [0.3, 0.4) is 0 Å². The Morgan fingerprint density at radius 3 is 2.67 bits per heavy atom. The summed E-state index contributed by atoms with van der Waals surface area (Å²) in [4.78, 5) is 39.6. The highest BCUT2D eigenvalue weighted by Crippen LogP contribution is 2.45. The second-order valence-electron chi connectivity index (χ2n) is 8.16. The van der Waals surface area contributed by atoms with Gasteiger partial charge in [0.15, 0.2) is 0 Å². The molecule has 5 atom stereocenters. The van der Waals surface area contributed by atoms with Crippen LogP contribution in [0.15, 0.2) is 25.3 Å². The molecule has 2 aliphatic rings. The molecule has 1 heterocycles. The van der Waals surface area contributed by atoms with E-state index in [4.69, 9.17) is 10.5 Å². The molecular formula is C22H35N3O5. The van der Waals surface area contributed by atoms with E-state index in [0.717, 1.165) is 25.7 Å².